The largest absolute Gasteiger partial charge is 0.550 e. The molecule has 0 spiro atoms. The average molecular weight is 391 g/mol. The lowest BCUT2D eigenvalue weighted by molar-refractivity contribution is -0.873. The number of ether oxygens (including phenoxy) is 1. The minimum Gasteiger partial charge on any atom is -0.550 e. The second-order valence-electron chi connectivity index (χ2n) is 8.03. The van der Waals surface area contributed by atoms with Crippen LogP contribution in [0.5, 0.6) is 0 Å². The van der Waals surface area contributed by atoms with Crippen LogP contribution in [0.2, 0.25) is 0 Å². The van der Waals surface area contributed by atoms with E-state index in [9.17, 15) is 19.8 Å². The van der Waals surface area contributed by atoms with Crippen LogP contribution < -0.4 is 5.11 Å². The minimum atomic E-state index is -2.38. The van der Waals surface area contributed by atoms with E-state index in [1.165, 1.54) is 52.6 Å². The van der Waals surface area contributed by atoms with Crippen molar-refractivity contribution in [1.29, 1.82) is 0 Å². The summed E-state index contributed by atoms with van der Waals surface area (Å²) in [5, 5.41) is 21.0. The van der Waals surface area contributed by atoms with Gasteiger partial charge in [0, 0.05) is 12.4 Å². The minimum absolute atomic E-state index is 0.190. The van der Waals surface area contributed by atoms with E-state index in [4.69, 9.17) is 8.85 Å². The fourth-order valence-electron chi connectivity index (χ4n) is 3.06. The molecule has 0 bridgehead atoms. The van der Waals surface area contributed by atoms with E-state index in [0.717, 1.165) is 19.3 Å². The summed E-state index contributed by atoms with van der Waals surface area (Å²) in [6.45, 7) is -0.376. The topological polar surface area (TPSA) is 86.7 Å². The lowest BCUT2D eigenvalue weighted by Crippen LogP contribution is -2.45. The summed E-state index contributed by atoms with van der Waals surface area (Å²) in [5.41, 5.74) is 0. The summed E-state index contributed by atoms with van der Waals surface area (Å²) in [6.07, 6.45) is 8.12. The van der Waals surface area contributed by atoms with Crippen LogP contribution >= 0.6 is 0 Å². The first kappa shape index (κ1) is 20.6. The van der Waals surface area contributed by atoms with Crippen molar-refractivity contribution >= 4 is 11.9 Å². The Hall–Kier alpha value is -1.14. The van der Waals surface area contributed by atoms with E-state index in [-0.39, 0.29) is 13.0 Å². The monoisotopic (exact) mass is 390 g/mol. The molecule has 0 amide bonds. The quantitative estimate of drug-likeness (QED) is 0.234. The number of likely N-dealkylation sites (N-methyl/N-ethyl adjacent to an activating group) is 1. The molecule has 0 aliphatic rings. The third-order valence-electron chi connectivity index (χ3n) is 4.40. The molecular weight excluding hydrogens is 346 g/mol. The zero-order valence-electron chi connectivity index (χ0n) is 20.4. The van der Waals surface area contributed by atoms with E-state index in [0.29, 0.717) is 6.42 Å². The Morgan fingerprint density at radius 2 is 1.59 bits per heavy atom. The van der Waals surface area contributed by atoms with E-state index in [1.54, 1.807) is 0 Å². The fraction of sp³-hybridized carbons (Fsp3) is 0.905. The first-order valence-corrected chi connectivity index (χ1v) is 10.3. The van der Waals surface area contributed by atoms with Gasteiger partial charge < -0.3 is 24.2 Å². The summed E-state index contributed by atoms with van der Waals surface area (Å²) < 4.78 is 27.3. The Bertz CT molecular complexity index is 498. The Morgan fingerprint density at radius 3 is 2.11 bits per heavy atom. The summed E-state index contributed by atoms with van der Waals surface area (Å²) in [7, 11) is 2.84. The molecule has 6 heteroatoms. The van der Waals surface area contributed by atoms with Gasteiger partial charge in [-0.2, -0.15) is 0 Å². The molecule has 0 saturated carbocycles. The van der Waals surface area contributed by atoms with Crippen LogP contribution in [0.15, 0.2) is 0 Å². The predicted molar refractivity (Wildman–Crippen MR) is 105 cm³/mol. The molecule has 27 heavy (non-hydrogen) atoms. The fourth-order valence-corrected chi connectivity index (χ4v) is 3.06. The van der Waals surface area contributed by atoms with Gasteiger partial charge in [0.15, 0.2) is 6.10 Å². The molecule has 0 aromatic rings. The van der Waals surface area contributed by atoms with Gasteiger partial charge in [-0.05, 0) is 6.42 Å². The number of quaternary nitrogens is 1. The first-order valence-electron chi connectivity index (χ1n) is 11.8. The molecule has 2 atom stereocenters. The van der Waals surface area contributed by atoms with Gasteiger partial charge in [0.25, 0.3) is 0 Å². The zero-order valence-corrected chi connectivity index (χ0v) is 17.4. The Labute approximate surface area is 169 Å². The van der Waals surface area contributed by atoms with Crippen molar-refractivity contribution in [2.75, 3.05) is 27.6 Å². The van der Waals surface area contributed by atoms with Gasteiger partial charge >= 0.3 is 5.97 Å². The number of carboxylic acids is 1. The van der Waals surface area contributed by atoms with Crippen LogP contribution in [0.3, 0.4) is 0 Å². The number of carboxylic acid groups (broad SMARTS) is 1. The number of hydrogen-bond acceptors (Lipinski definition) is 5. The average Bonchev–Trinajstić information content (AvgIpc) is 2.58. The molecular formula is C21H41NO5. The van der Waals surface area contributed by atoms with Crippen molar-refractivity contribution in [2.24, 2.45) is 0 Å². The van der Waals surface area contributed by atoms with Gasteiger partial charge in [-0.25, -0.2) is 0 Å². The van der Waals surface area contributed by atoms with Crippen LogP contribution in [-0.4, -0.2) is 61.4 Å². The summed E-state index contributed by atoms with van der Waals surface area (Å²) in [4.78, 5) is 23.0. The normalized spacial score (nSPS) is 16.1. The molecule has 1 unspecified atom stereocenters. The van der Waals surface area contributed by atoms with E-state index in [1.807, 2.05) is 0 Å². The lowest BCUT2D eigenvalue weighted by Gasteiger charge is -2.29. The SMILES string of the molecule is [2H]C([2H])([2H])[N+](C)(C)C[C@H](CC(=O)[O-])OC(=O)CC(O)CCCCCCCCCCC. The summed E-state index contributed by atoms with van der Waals surface area (Å²) >= 11 is 0. The van der Waals surface area contributed by atoms with E-state index in [2.05, 4.69) is 6.92 Å². The van der Waals surface area contributed by atoms with Crippen molar-refractivity contribution in [3.8, 4) is 0 Å². The van der Waals surface area contributed by atoms with Gasteiger partial charge in [0.1, 0.15) is 6.54 Å². The molecule has 0 rings (SSSR count). The number of carbonyl (C=O) groups excluding carboxylic acids is 2. The van der Waals surface area contributed by atoms with Gasteiger partial charge in [-0.1, -0.05) is 64.7 Å². The van der Waals surface area contributed by atoms with Crippen molar-refractivity contribution in [3.63, 3.8) is 0 Å². The molecule has 0 aliphatic heterocycles. The highest BCUT2D eigenvalue weighted by molar-refractivity contribution is 5.71. The third kappa shape index (κ3) is 18.0. The smallest absolute Gasteiger partial charge is 0.308 e. The van der Waals surface area contributed by atoms with Gasteiger partial charge in [0.2, 0.25) is 0 Å². The number of aliphatic hydroxyl groups excluding tert-OH is 1. The molecule has 1 N–H and O–H groups in total. The Balaban J connectivity index is 4.24. The van der Waals surface area contributed by atoms with Gasteiger partial charge in [-0.3, -0.25) is 4.79 Å². The van der Waals surface area contributed by atoms with Crippen LogP contribution in [0.4, 0.5) is 0 Å². The first-order chi connectivity index (χ1) is 13.9. The molecule has 0 aromatic heterocycles. The standard InChI is InChI=1S/C21H41NO5/c1-5-6-7-8-9-10-11-12-13-14-18(23)15-21(26)27-19(16-20(24)25)17-22(2,3)4/h18-19,23H,5-17H2,1-4H3/t18?,19-/m0/s1/i2D3. The highest BCUT2D eigenvalue weighted by Crippen LogP contribution is 2.13. The number of carbonyl (C=O) groups is 2. The van der Waals surface area contributed by atoms with E-state index < -0.39 is 42.0 Å². The number of esters is 1. The van der Waals surface area contributed by atoms with E-state index >= 15 is 0 Å². The number of unbranched alkanes of at least 4 members (excludes halogenated alkanes) is 8. The molecule has 6 nitrogen and oxygen atoms in total. The van der Waals surface area contributed by atoms with Gasteiger partial charge in [0.05, 0.1) is 37.7 Å². The number of rotatable bonds is 17. The maximum Gasteiger partial charge on any atom is 0.308 e. The summed E-state index contributed by atoms with van der Waals surface area (Å²) in [6, 6.07) is 0. The highest BCUT2D eigenvalue weighted by Gasteiger charge is 2.23. The number of hydrogen-bond donors (Lipinski definition) is 1. The van der Waals surface area contributed by atoms with Crippen molar-refractivity contribution in [3.05, 3.63) is 0 Å². The Morgan fingerprint density at radius 1 is 1.04 bits per heavy atom. The molecule has 160 valence electrons. The predicted octanol–water partition coefficient (Wildman–Crippen LogP) is 2.42. The summed E-state index contributed by atoms with van der Waals surface area (Å²) in [5.74, 6) is -2.15. The number of aliphatic carboxylic acids is 1. The van der Waals surface area contributed by atoms with Crippen LogP contribution in [0, 0.1) is 0 Å². The van der Waals surface area contributed by atoms with Crippen molar-refractivity contribution in [2.45, 2.75) is 96.2 Å². The van der Waals surface area contributed by atoms with Gasteiger partial charge in [-0.15, -0.1) is 0 Å². The van der Waals surface area contributed by atoms with Crippen LogP contribution in [0.25, 0.3) is 0 Å². The molecule has 0 fully saturated rings. The highest BCUT2D eigenvalue weighted by atomic mass is 16.5. The number of nitrogens with zero attached hydrogens (tertiary/aromatic N) is 1. The molecule has 0 heterocycles. The second kappa shape index (κ2) is 14.9. The zero-order chi connectivity index (χ0) is 23.2. The lowest BCUT2D eigenvalue weighted by atomic mass is 10.0. The second-order valence-corrected chi connectivity index (χ2v) is 8.03. The number of aliphatic hydroxyl groups is 1. The maximum atomic E-state index is 12.1. The maximum absolute atomic E-state index is 12.1. The molecule has 0 radical (unpaired) electrons. The van der Waals surface area contributed by atoms with Crippen molar-refractivity contribution < 1.29 is 33.1 Å². The molecule has 0 saturated heterocycles. The van der Waals surface area contributed by atoms with Crippen molar-refractivity contribution in [1.82, 2.24) is 0 Å². The molecule has 0 aliphatic carbocycles. The van der Waals surface area contributed by atoms with Crippen LogP contribution in [-0.2, 0) is 14.3 Å². The molecule has 0 aromatic carbocycles. The Kier molecular flexibility index (Phi) is 11.3. The van der Waals surface area contributed by atoms with Crippen LogP contribution in [0.1, 0.15) is 88.1 Å². The third-order valence-corrected chi connectivity index (χ3v) is 4.40.